The maximum atomic E-state index is 6.10. The summed E-state index contributed by atoms with van der Waals surface area (Å²) in [5, 5.41) is 1.20. The lowest BCUT2D eigenvalue weighted by atomic mass is 10.2. The predicted molar refractivity (Wildman–Crippen MR) is 77.0 cm³/mol. The second kappa shape index (κ2) is 4.53. The van der Waals surface area contributed by atoms with Gasteiger partial charge in [-0.3, -0.25) is 4.98 Å². The van der Waals surface area contributed by atoms with Crippen LogP contribution in [0.1, 0.15) is 0 Å². The Kier molecular flexibility index (Phi) is 3.01. The number of fused-ring (bicyclic) bond motifs is 1. The smallest absolute Gasteiger partial charge is 0.140 e. The number of imidazole rings is 1. The van der Waals surface area contributed by atoms with Gasteiger partial charge in [0.2, 0.25) is 0 Å². The molecule has 3 aromatic rings. The van der Waals surface area contributed by atoms with Gasteiger partial charge < -0.3 is 4.98 Å². The molecule has 1 aromatic carbocycles. The van der Waals surface area contributed by atoms with Gasteiger partial charge in [0.25, 0.3) is 0 Å². The number of aromatic nitrogens is 3. The number of pyridine rings is 1. The van der Waals surface area contributed by atoms with Crippen LogP contribution < -0.4 is 0 Å². The lowest BCUT2D eigenvalue weighted by molar-refractivity contribution is 1.28. The van der Waals surface area contributed by atoms with Crippen molar-refractivity contribution in [2.24, 2.45) is 0 Å². The van der Waals surface area contributed by atoms with E-state index < -0.39 is 0 Å². The molecule has 0 fully saturated rings. The maximum absolute atomic E-state index is 6.10. The van der Waals surface area contributed by atoms with Crippen molar-refractivity contribution in [1.82, 2.24) is 15.0 Å². The Morgan fingerprint density at radius 1 is 1.22 bits per heavy atom. The quantitative estimate of drug-likeness (QED) is 0.696. The average Bonchev–Trinajstić information content (AvgIpc) is 2.73. The van der Waals surface area contributed by atoms with Gasteiger partial charge in [-0.2, -0.15) is 0 Å². The first-order valence-electron chi connectivity index (χ1n) is 5.10. The van der Waals surface area contributed by atoms with Crippen LogP contribution in [0.4, 0.5) is 0 Å². The number of nitrogens with one attached hydrogen (secondary N) is 1. The van der Waals surface area contributed by atoms with Crippen molar-refractivity contribution < 1.29 is 0 Å². The van der Waals surface area contributed by atoms with Crippen LogP contribution in [0.3, 0.4) is 0 Å². The molecule has 0 amide bonds. The molecule has 2 heterocycles. The second-order valence-electron chi connectivity index (χ2n) is 3.72. The third-order valence-electron chi connectivity index (χ3n) is 2.53. The minimum Gasteiger partial charge on any atom is -0.338 e. The number of hydrogen-bond donors (Lipinski definition) is 1. The zero-order valence-electron chi connectivity index (χ0n) is 8.92. The van der Waals surface area contributed by atoms with Crippen molar-refractivity contribution in [3.8, 4) is 11.4 Å². The number of halogens is 3. The number of nitrogens with zero attached hydrogens (tertiary/aromatic N) is 2. The normalized spacial score (nSPS) is 11.1. The Bertz CT molecular complexity index is 739. The predicted octanol–water partition coefficient (Wildman–Crippen LogP) is 4.69. The summed E-state index contributed by atoms with van der Waals surface area (Å²) in [4.78, 5) is 11.7. The SMILES string of the molecule is Clc1cc(Br)c2nc(-c3ccncc3Cl)[nH]c2c1. The zero-order valence-corrected chi connectivity index (χ0v) is 12.0. The maximum Gasteiger partial charge on any atom is 0.140 e. The topological polar surface area (TPSA) is 41.6 Å². The third kappa shape index (κ3) is 2.00. The molecule has 3 rings (SSSR count). The first-order chi connectivity index (χ1) is 8.65. The molecule has 0 aliphatic carbocycles. The van der Waals surface area contributed by atoms with Crippen LogP contribution in [0.2, 0.25) is 10.0 Å². The molecule has 0 saturated heterocycles. The van der Waals surface area contributed by atoms with Crippen LogP contribution in [0, 0.1) is 0 Å². The summed E-state index contributed by atoms with van der Waals surface area (Å²) in [5.41, 5.74) is 2.49. The molecule has 6 heteroatoms. The fourth-order valence-corrected chi connectivity index (χ4v) is 2.84. The average molecular weight is 343 g/mol. The summed E-state index contributed by atoms with van der Waals surface area (Å²) in [6.45, 7) is 0. The van der Waals surface area contributed by atoms with E-state index in [1.54, 1.807) is 12.4 Å². The molecule has 90 valence electrons. The third-order valence-corrected chi connectivity index (χ3v) is 3.66. The lowest BCUT2D eigenvalue weighted by Crippen LogP contribution is -1.82. The summed E-state index contributed by atoms with van der Waals surface area (Å²) in [6.07, 6.45) is 3.27. The first kappa shape index (κ1) is 12.0. The van der Waals surface area contributed by atoms with Crippen molar-refractivity contribution >= 4 is 50.2 Å². The van der Waals surface area contributed by atoms with E-state index in [1.807, 2.05) is 18.2 Å². The molecule has 2 aromatic heterocycles. The summed E-state index contributed by atoms with van der Waals surface area (Å²) in [7, 11) is 0. The zero-order chi connectivity index (χ0) is 12.7. The van der Waals surface area contributed by atoms with Crippen molar-refractivity contribution in [1.29, 1.82) is 0 Å². The lowest BCUT2D eigenvalue weighted by Gasteiger charge is -1.97. The molecule has 0 unspecified atom stereocenters. The summed E-state index contributed by atoms with van der Waals surface area (Å²) in [5.74, 6) is 0.695. The number of H-pyrrole nitrogens is 1. The Hall–Kier alpha value is -1.10. The van der Waals surface area contributed by atoms with Crippen molar-refractivity contribution in [2.75, 3.05) is 0 Å². The van der Waals surface area contributed by atoms with Crippen LogP contribution >= 0.6 is 39.1 Å². The molecule has 0 aliphatic heterocycles. The van der Waals surface area contributed by atoms with E-state index in [9.17, 15) is 0 Å². The van der Waals surface area contributed by atoms with E-state index >= 15 is 0 Å². The fraction of sp³-hybridized carbons (Fsp3) is 0. The largest absolute Gasteiger partial charge is 0.338 e. The van der Waals surface area contributed by atoms with Crippen molar-refractivity contribution in [3.05, 3.63) is 45.1 Å². The minimum absolute atomic E-state index is 0.554. The minimum atomic E-state index is 0.554. The number of benzene rings is 1. The highest BCUT2D eigenvalue weighted by atomic mass is 79.9. The van der Waals surface area contributed by atoms with E-state index in [0.29, 0.717) is 15.9 Å². The number of hydrogen-bond acceptors (Lipinski definition) is 2. The van der Waals surface area contributed by atoms with Gasteiger partial charge in [0.05, 0.1) is 10.5 Å². The van der Waals surface area contributed by atoms with Crippen LogP contribution in [-0.4, -0.2) is 15.0 Å². The van der Waals surface area contributed by atoms with Crippen molar-refractivity contribution in [2.45, 2.75) is 0 Å². The van der Waals surface area contributed by atoms with Gasteiger partial charge in [-0.15, -0.1) is 0 Å². The highest BCUT2D eigenvalue weighted by Crippen LogP contribution is 2.31. The molecular formula is C12H6BrCl2N3. The Morgan fingerprint density at radius 3 is 2.83 bits per heavy atom. The van der Waals surface area contributed by atoms with Gasteiger partial charge in [0, 0.05) is 27.5 Å². The molecule has 0 saturated carbocycles. The summed E-state index contributed by atoms with van der Waals surface area (Å²) < 4.78 is 0.845. The van der Waals surface area contributed by atoms with E-state index in [2.05, 4.69) is 30.9 Å². The molecule has 0 aliphatic rings. The van der Waals surface area contributed by atoms with Crippen LogP contribution in [0.15, 0.2) is 35.1 Å². The van der Waals surface area contributed by atoms with Gasteiger partial charge in [-0.05, 0) is 34.1 Å². The molecule has 1 N–H and O–H groups in total. The molecule has 0 spiro atoms. The molecular weight excluding hydrogens is 337 g/mol. The van der Waals surface area contributed by atoms with Gasteiger partial charge in [0.15, 0.2) is 0 Å². The van der Waals surface area contributed by atoms with Crippen LogP contribution in [-0.2, 0) is 0 Å². The first-order valence-corrected chi connectivity index (χ1v) is 6.64. The van der Waals surface area contributed by atoms with E-state index in [0.717, 1.165) is 21.1 Å². The van der Waals surface area contributed by atoms with Gasteiger partial charge in [0.1, 0.15) is 11.3 Å². The summed E-state index contributed by atoms with van der Waals surface area (Å²) in [6, 6.07) is 5.45. The van der Waals surface area contributed by atoms with Gasteiger partial charge >= 0.3 is 0 Å². The van der Waals surface area contributed by atoms with Gasteiger partial charge in [-0.25, -0.2) is 4.98 Å². The van der Waals surface area contributed by atoms with Crippen LogP contribution in [0.25, 0.3) is 22.4 Å². The molecule has 3 nitrogen and oxygen atoms in total. The molecule has 18 heavy (non-hydrogen) atoms. The molecule has 0 atom stereocenters. The highest BCUT2D eigenvalue weighted by Gasteiger charge is 2.11. The monoisotopic (exact) mass is 341 g/mol. The van der Waals surface area contributed by atoms with E-state index in [1.165, 1.54) is 0 Å². The Morgan fingerprint density at radius 2 is 2.06 bits per heavy atom. The Labute approximate surface area is 121 Å². The van der Waals surface area contributed by atoms with E-state index in [4.69, 9.17) is 23.2 Å². The fourth-order valence-electron chi connectivity index (χ4n) is 1.74. The second-order valence-corrected chi connectivity index (χ2v) is 5.42. The molecule has 0 radical (unpaired) electrons. The van der Waals surface area contributed by atoms with Crippen LogP contribution in [0.5, 0.6) is 0 Å². The highest BCUT2D eigenvalue weighted by molar-refractivity contribution is 9.10. The number of aromatic amines is 1. The van der Waals surface area contributed by atoms with Crippen molar-refractivity contribution in [3.63, 3.8) is 0 Å². The molecule has 0 bridgehead atoms. The number of rotatable bonds is 1. The Balaban J connectivity index is 2.26. The standard InChI is InChI=1S/C12H6BrCl2N3/c13-8-3-6(14)4-10-11(8)18-12(17-10)7-1-2-16-5-9(7)15/h1-5H,(H,17,18). The van der Waals surface area contributed by atoms with Gasteiger partial charge in [-0.1, -0.05) is 23.2 Å². The summed E-state index contributed by atoms with van der Waals surface area (Å²) >= 11 is 15.5. The van der Waals surface area contributed by atoms with E-state index in [-0.39, 0.29) is 0 Å².